The molecule has 0 saturated carbocycles. The largest absolute Gasteiger partial charge is 0.493 e. The first-order valence-electron chi connectivity index (χ1n) is 8.84. The summed E-state index contributed by atoms with van der Waals surface area (Å²) in [5, 5.41) is 0. The molecule has 1 saturated heterocycles. The number of hydrogen-bond donors (Lipinski definition) is 0. The summed E-state index contributed by atoms with van der Waals surface area (Å²) in [5.41, 5.74) is 2.12. The van der Waals surface area contributed by atoms with E-state index in [4.69, 9.17) is 9.47 Å². The monoisotopic (exact) mass is 368 g/mol. The molecule has 2 heterocycles. The molecule has 0 radical (unpaired) electrons. The zero-order valence-electron chi connectivity index (χ0n) is 15.5. The Kier molecular flexibility index (Phi) is 5.27. The van der Waals surface area contributed by atoms with Crippen LogP contribution < -0.4 is 9.47 Å². The molecule has 0 aromatic heterocycles. The van der Waals surface area contributed by atoms with E-state index in [9.17, 15) is 8.42 Å². The van der Waals surface area contributed by atoms with Crippen LogP contribution in [0.5, 0.6) is 11.5 Å². The summed E-state index contributed by atoms with van der Waals surface area (Å²) in [4.78, 5) is 0. The summed E-state index contributed by atoms with van der Waals surface area (Å²) in [5.74, 6) is 2.14. The highest BCUT2D eigenvalue weighted by Crippen LogP contribution is 2.34. The Bertz CT molecular complexity index is 725. The average Bonchev–Trinajstić information content (AvgIpc) is 2.59. The Balaban J connectivity index is 1.84. The van der Waals surface area contributed by atoms with Crippen molar-refractivity contribution in [1.82, 2.24) is 8.61 Å². The molecular formula is C18H28N2O4S. The van der Waals surface area contributed by atoms with Gasteiger partial charge in [-0.25, -0.2) is 0 Å². The number of nitrogens with zero attached hydrogens (tertiary/aromatic N) is 2. The van der Waals surface area contributed by atoms with Gasteiger partial charge in [-0.05, 0) is 47.9 Å². The number of benzene rings is 1. The molecule has 0 N–H and O–H groups in total. The summed E-state index contributed by atoms with van der Waals surface area (Å²) in [6, 6.07) is 3.86. The van der Waals surface area contributed by atoms with Crippen LogP contribution in [0.25, 0.3) is 0 Å². The molecular weight excluding hydrogens is 340 g/mol. The molecule has 3 rings (SSSR count). The van der Waals surface area contributed by atoms with Crippen LogP contribution in [-0.2, 0) is 23.2 Å². The molecule has 1 fully saturated rings. The van der Waals surface area contributed by atoms with E-state index in [1.54, 1.807) is 22.8 Å². The minimum absolute atomic E-state index is 0.386. The minimum Gasteiger partial charge on any atom is -0.493 e. The van der Waals surface area contributed by atoms with Crippen LogP contribution in [0.15, 0.2) is 12.1 Å². The first-order valence-corrected chi connectivity index (χ1v) is 10.2. The van der Waals surface area contributed by atoms with Gasteiger partial charge >= 0.3 is 0 Å². The van der Waals surface area contributed by atoms with Gasteiger partial charge in [-0.3, -0.25) is 0 Å². The van der Waals surface area contributed by atoms with Gasteiger partial charge in [0.2, 0.25) is 0 Å². The van der Waals surface area contributed by atoms with E-state index in [0.29, 0.717) is 55.9 Å². The van der Waals surface area contributed by atoms with Gasteiger partial charge < -0.3 is 9.47 Å². The third kappa shape index (κ3) is 3.64. The summed E-state index contributed by atoms with van der Waals surface area (Å²) < 4.78 is 40.2. The van der Waals surface area contributed by atoms with Crippen LogP contribution in [0.4, 0.5) is 0 Å². The van der Waals surface area contributed by atoms with E-state index in [1.165, 1.54) is 0 Å². The Morgan fingerprint density at radius 3 is 2.08 bits per heavy atom. The molecule has 1 aromatic carbocycles. The lowest BCUT2D eigenvalue weighted by Gasteiger charge is -2.38. The molecule has 0 unspecified atom stereocenters. The molecule has 140 valence electrons. The predicted octanol–water partition coefficient (Wildman–Crippen LogP) is 2.28. The van der Waals surface area contributed by atoms with E-state index in [0.717, 1.165) is 17.5 Å². The second kappa shape index (κ2) is 7.13. The first kappa shape index (κ1) is 18.5. The van der Waals surface area contributed by atoms with Crippen molar-refractivity contribution in [2.24, 2.45) is 11.8 Å². The maximum Gasteiger partial charge on any atom is 0.282 e. The summed E-state index contributed by atoms with van der Waals surface area (Å²) in [7, 11) is -0.225. The third-order valence-corrected chi connectivity index (χ3v) is 7.09. The zero-order valence-corrected chi connectivity index (χ0v) is 16.3. The second-order valence-electron chi connectivity index (χ2n) is 7.33. The number of piperidine rings is 1. The molecule has 2 atom stereocenters. The summed E-state index contributed by atoms with van der Waals surface area (Å²) >= 11 is 0. The lowest BCUT2D eigenvalue weighted by molar-refractivity contribution is 0.206. The Morgan fingerprint density at radius 2 is 1.52 bits per heavy atom. The molecule has 7 heteroatoms. The smallest absolute Gasteiger partial charge is 0.282 e. The number of methoxy groups -OCH3 is 2. The number of rotatable bonds is 4. The van der Waals surface area contributed by atoms with Gasteiger partial charge in [-0.1, -0.05) is 13.8 Å². The Morgan fingerprint density at radius 1 is 0.960 bits per heavy atom. The number of ether oxygens (including phenoxy) is 2. The molecule has 1 aromatic rings. The summed E-state index contributed by atoms with van der Waals surface area (Å²) in [6.07, 6.45) is 1.78. The highest BCUT2D eigenvalue weighted by atomic mass is 32.2. The van der Waals surface area contributed by atoms with E-state index < -0.39 is 10.2 Å². The van der Waals surface area contributed by atoms with Crippen molar-refractivity contribution < 1.29 is 17.9 Å². The zero-order chi connectivity index (χ0) is 18.2. The van der Waals surface area contributed by atoms with Crippen molar-refractivity contribution in [1.29, 1.82) is 0 Å². The van der Waals surface area contributed by atoms with E-state index in [2.05, 4.69) is 13.8 Å². The van der Waals surface area contributed by atoms with Gasteiger partial charge in [0, 0.05) is 26.2 Å². The Labute approximate surface area is 150 Å². The normalized spacial score (nSPS) is 25.4. The van der Waals surface area contributed by atoms with Gasteiger partial charge in [0.25, 0.3) is 10.2 Å². The van der Waals surface area contributed by atoms with E-state index in [1.807, 2.05) is 12.1 Å². The van der Waals surface area contributed by atoms with E-state index >= 15 is 0 Å². The van der Waals surface area contributed by atoms with Crippen molar-refractivity contribution in [3.63, 3.8) is 0 Å². The third-order valence-electron chi connectivity index (χ3n) is 5.17. The topological polar surface area (TPSA) is 59.1 Å². The fourth-order valence-corrected chi connectivity index (χ4v) is 5.85. The number of hydrogen-bond acceptors (Lipinski definition) is 4. The highest BCUT2D eigenvalue weighted by molar-refractivity contribution is 7.86. The average molecular weight is 368 g/mol. The quantitative estimate of drug-likeness (QED) is 0.818. The van der Waals surface area contributed by atoms with Crippen LogP contribution in [-0.4, -0.2) is 50.9 Å². The van der Waals surface area contributed by atoms with Gasteiger partial charge in [-0.15, -0.1) is 0 Å². The van der Waals surface area contributed by atoms with Gasteiger partial charge in [0.05, 0.1) is 14.2 Å². The van der Waals surface area contributed by atoms with Crippen molar-refractivity contribution in [2.75, 3.05) is 33.9 Å². The SMILES string of the molecule is COc1cc2c(cc1OC)CN(S(=O)(=O)N1C[C@H](C)C[C@@H](C)C1)CC2. The van der Waals surface area contributed by atoms with Crippen molar-refractivity contribution in [3.8, 4) is 11.5 Å². The van der Waals surface area contributed by atoms with Crippen molar-refractivity contribution >= 4 is 10.2 Å². The van der Waals surface area contributed by atoms with Gasteiger partial charge in [0.15, 0.2) is 11.5 Å². The van der Waals surface area contributed by atoms with Crippen molar-refractivity contribution in [2.45, 2.75) is 33.2 Å². The molecule has 0 amide bonds. The fraction of sp³-hybridized carbons (Fsp3) is 0.667. The van der Waals surface area contributed by atoms with Gasteiger partial charge in [0.1, 0.15) is 0 Å². The van der Waals surface area contributed by atoms with Crippen molar-refractivity contribution in [3.05, 3.63) is 23.3 Å². The first-order chi connectivity index (χ1) is 11.8. The second-order valence-corrected chi connectivity index (χ2v) is 9.26. The lowest BCUT2D eigenvalue weighted by Crippen LogP contribution is -2.50. The van der Waals surface area contributed by atoms with Crippen LogP contribution >= 0.6 is 0 Å². The maximum absolute atomic E-state index is 13.1. The van der Waals surface area contributed by atoms with Gasteiger partial charge in [-0.2, -0.15) is 17.0 Å². The number of fused-ring (bicyclic) bond motifs is 1. The molecule has 2 aliphatic heterocycles. The molecule has 0 aliphatic carbocycles. The van der Waals surface area contributed by atoms with Crippen LogP contribution in [0, 0.1) is 11.8 Å². The van der Waals surface area contributed by atoms with Crippen LogP contribution in [0.3, 0.4) is 0 Å². The molecule has 0 bridgehead atoms. The molecule has 25 heavy (non-hydrogen) atoms. The standard InChI is InChI=1S/C18H28N2O4S/c1-13-7-14(2)11-20(10-13)25(21,22)19-6-5-15-8-17(23-3)18(24-4)9-16(15)12-19/h8-9,13-14H,5-7,10-12H2,1-4H3/t13-,14-/m1/s1. The lowest BCUT2D eigenvalue weighted by atomic mass is 9.94. The highest BCUT2D eigenvalue weighted by Gasteiger charge is 2.36. The molecule has 6 nitrogen and oxygen atoms in total. The van der Waals surface area contributed by atoms with Crippen LogP contribution in [0.1, 0.15) is 31.4 Å². The predicted molar refractivity (Wildman–Crippen MR) is 97.1 cm³/mol. The molecule has 0 spiro atoms. The van der Waals surface area contributed by atoms with E-state index in [-0.39, 0.29) is 0 Å². The minimum atomic E-state index is -3.43. The Hall–Kier alpha value is -1.31. The summed E-state index contributed by atoms with van der Waals surface area (Å²) in [6.45, 7) is 6.37. The van der Waals surface area contributed by atoms with Crippen LogP contribution in [0.2, 0.25) is 0 Å². The fourth-order valence-electron chi connectivity index (χ4n) is 4.01. The maximum atomic E-state index is 13.1. The molecule has 2 aliphatic rings.